The highest BCUT2D eigenvalue weighted by Crippen LogP contribution is 2.24. The number of carbonyl (C=O) groups is 1. The Kier molecular flexibility index (Phi) is 4.31. The molecule has 25 heavy (non-hydrogen) atoms. The van der Waals surface area contributed by atoms with E-state index in [9.17, 15) is 13.6 Å². The normalized spacial score (nSPS) is 10.8. The van der Waals surface area contributed by atoms with Crippen LogP contribution in [0.15, 0.2) is 36.7 Å². The maximum absolute atomic E-state index is 13.3. The molecule has 0 aliphatic heterocycles. The SMILES string of the molecule is CC(=O)c1cc(C)c(C)c(Nc2ncn(-c3cc(F)cc(F)c3)n2)c1. The largest absolute Gasteiger partial charge is 0.323 e. The van der Waals surface area contributed by atoms with Crippen LogP contribution in [0.3, 0.4) is 0 Å². The Balaban J connectivity index is 1.93. The number of ketones is 1. The van der Waals surface area contributed by atoms with Crippen molar-refractivity contribution < 1.29 is 13.6 Å². The van der Waals surface area contributed by atoms with Gasteiger partial charge in [-0.15, -0.1) is 5.10 Å². The summed E-state index contributed by atoms with van der Waals surface area (Å²) in [6, 6.07) is 6.66. The number of nitrogens with zero attached hydrogens (tertiary/aromatic N) is 3. The number of halogens is 2. The van der Waals surface area contributed by atoms with Gasteiger partial charge in [-0.3, -0.25) is 4.79 Å². The third-order valence-corrected chi connectivity index (χ3v) is 3.92. The highest BCUT2D eigenvalue weighted by atomic mass is 19.1. The molecule has 0 aliphatic carbocycles. The van der Waals surface area contributed by atoms with Crippen molar-refractivity contribution in [3.05, 3.63) is 65.0 Å². The zero-order chi connectivity index (χ0) is 18.1. The molecular weight excluding hydrogens is 326 g/mol. The van der Waals surface area contributed by atoms with Gasteiger partial charge >= 0.3 is 0 Å². The number of carbonyl (C=O) groups excluding carboxylic acids is 1. The monoisotopic (exact) mass is 342 g/mol. The fourth-order valence-corrected chi connectivity index (χ4v) is 2.43. The molecule has 0 unspecified atom stereocenters. The molecule has 0 aliphatic rings. The maximum Gasteiger partial charge on any atom is 0.246 e. The predicted molar refractivity (Wildman–Crippen MR) is 90.5 cm³/mol. The highest BCUT2D eigenvalue weighted by molar-refractivity contribution is 5.95. The lowest BCUT2D eigenvalue weighted by Gasteiger charge is -2.11. The molecule has 7 heteroatoms. The van der Waals surface area contributed by atoms with Crippen molar-refractivity contribution in [3.63, 3.8) is 0 Å². The summed E-state index contributed by atoms with van der Waals surface area (Å²) in [5.41, 5.74) is 3.43. The van der Waals surface area contributed by atoms with Crippen molar-refractivity contribution in [1.29, 1.82) is 0 Å². The number of benzene rings is 2. The molecule has 1 N–H and O–H groups in total. The highest BCUT2D eigenvalue weighted by Gasteiger charge is 2.11. The van der Waals surface area contributed by atoms with Crippen molar-refractivity contribution in [3.8, 4) is 5.69 Å². The summed E-state index contributed by atoms with van der Waals surface area (Å²) < 4.78 is 27.9. The Morgan fingerprint density at radius 2 is 1.76 bits per heavy atom. The van der Waals surface area contributed by atoms with Gasteiger partial charge in [0.2, 0.25) is 5.95 Å². The molecule has 0 amide bonds. The van der Waals surface area contributed by atoms with Gasteiger partial charge in [0, 0.05) is 17.3 Å². The third kappa shape index (κ3) is 3.55. The number of nitrogens with one attached hydrogen (secondary N) is 1. The van der Waals surface area contributed by atoms with Gasteiger partial charge in [0.05, 0.1) is 5.69 Å². The second kappa shape index (κ2) is 6.43. The molecule has 0 spiro atoms. The lowest BCUT2D eigenvalue weighted by Crippen LogP contribution is -2.02. The van der Waals surface area contributed by atoms with E-state index in [0.717, 1.165) is 29.3 Å². The Labute approximate surface area is 143 Å². The van der Waals surface area contributed by atoms with Crippen molar-refractivity contribution >= 4 is 17.4 Å². The smallest absolute Gasteiger partial charge is 0.246 e. The van der Waals surface area contributed by atoms with Crippen molar-refractivity contribution in [2.75, 3.05) is 5.32 Å². The lowest BCUT2D eigenvalue weighted by atomic mass is 10.0. The first kappa shape index (κ1) is 16.8. The fraction of sp³-hybridized carbons (Fsp3) is 0.167. The van der Waals surface area contributed by atoms with Gasteiger partial charge in [0.1, 0.15) is 18.0 Å². The van der Waals surface area contributed by atoms with Crippen LogP contribution in [0.2, 0.25) is 0 Å². The molecular formula is C18H16F2N4O. The minimum atomic E-state index is -0.694. The molecule has 1 aromatic heterocycles. The van der Waals surface area contributed by atoms with Crippen molar-refractivity contribution in [2.24, 2.45) is 0 Å². The summed E-state index contributed by atoms with van der Waals surface area (Å²) in [5, 5.41) is 7.22. The standard InChI is InChI=1S/C18H16F2N4O/c1-10-4-13(12(3)25)5-17(11(10)2)22-18-21-9-24(23-18)16-7-14(19)6-15(20)8-16/h4-9H,1-3H3,(H,22,23). The third-order valence-electron chi connectivity index (χ3n) is 3.92. The number of rotatable bonds is 4. The van der Waals surface area contributed by atoms with Crippen LogP contribution < -0.4 is 5.32 Å². The number of aryl methyl sites for hydroxylation is 1. The van der Waals surface area contributed by atoms with E-state index in [0.29, 0.717) is 11.3 Å². The van der Waals surface area contributed by atoms with Crippen LogP contribution in [-0.4, -0.2) is 20.5 Å². The first-order chi connectivity index (χ1) is 11.8. The molecule has 2 aromatic carbocycles. The summed E-state index contributed by atoms with van der Waals surface area (Å²) in [5.74, 6) is -1.17. The van der Waals surface area contributed by atoms with Crippen LogP contribution in [0.5, 0.6) is 0 Å². The van der Waals surface area contributed by atoms with Crippen LogP contribution in [0.25, 0.3) is 5.69 Å². The molecule has 0 atom stereocenters. The summed E-state index contributed by atoms with van der Waals surface area (Å²) in [6.45, 7) is 5.33. The van der Waals surface area contributed by atoms with E-state index >= 15 is 0 Å². The average molecular weight is 342 g/mol. The average Bonchev–Trinajstić information content (AvgIpc) is 2.99. The molecule has 128 valence electrons. The minimum Gasteiger partial charge on any atom is -0.323 e. The molecule has 3 rings (SSSR count). The van der Waals surface area contributed by atoms with E-state index < -0.39 is 11.6 Å². The van der Waals surface area contributed by atoms with E-state index in [4.69, 9.17) is 0 Å². The molecule has 0 fully saturated rings. The number of anilines is 2. The van der Waals surface area contributed by atoms with Crippen LogP contribution in [0.1, 0.15) is 28.4 Å². The van der Waals surface area contributed by atoms with Crippen LogP contribution in [0.4, 0.5) is 20.4 Å². The Bertz CT molecular complexity index is 945. The van der Waals surface area contributed by atoms with E-state index in [-0.39, 0.29) is 17.4 Å². The first-order valence-corrected chi connectivity index (χ1v) is 7.61. The molecule has 0 saturated carbocycles. The Morgan fingerprint density at radius 1 is 1.08 bits per heavy atom. The van der Waals surface area contributed by atoms with Crippen LogP contribution in [-0.2, 0) is 0 Å². The lowest BCUT2D eigenvalue weighted by molar-refractivity contribution is 0.101. The van der Waals surface area contributed by atoms with Gasteiger partial charge in [-0.2, -0.15) is 4.98 Å². The van der Waals surface area contributed by atoms with Crippen molar-refractivity contribution in [1.82, 2.24) is 14.8 Å². The number of hydrogen-bond acceptors (Lipinski definition) is 4. The maximum atomic E-state index is 13.3. The summed E-state index contributed by atoms with van der Waals surface area (Å²) in [4.78, 5) is 15.7. The quantitative estimate of drug-likeness (QED) is 0.725. The van der Waals surface area contributed by atoms with Gasteiger partial charge in [-0.25, -0.2) is 13.5 Å². The minimum absolute atomic E-state index is 0.0418. The van der Waals surface area contributed by atoms with Crippen LogP contribution in [0, 0.1) is 25.5 Å². The number of hydrogen-bond donors (Lipinski definition) is 1. The molecule has 0 radical (unpaired) electrons. The first-order valence-electron chi connectivity index (χ1n) is 7.61. The second-order valence-corrected chi connectivity index (χ2v) is 5.79. The van der Waals surface area contributed by atoms with Gasteiger partial charge in [0.15, 0.2) is 5.78 Å². The molecule has 1 heterocycles. The van der Waals surface area contributed by atoms with E-state index in [1.54, 1.807) is 6.07 Å². The summed E-state index contributed by atoms with van der Waals surface area (Å²) >= 11 is 0. The molecule has 0 bridgehead atoms. The van der Waals surface area contributed by atoms with Gasteiger partial charge in [0.25, 0.3) is 0 Å². The summed E-state index contributed by atoms with van der Waals surface area (Å²) in [7, 11) is 0. The fourth-order valence-electron chi connectivity index (χ4n) is 2.43. The number of aromatic nitrogens is 3. The van der Waals surface area contributed by atoms with E-state index in [1.807, 2.05) is 19.9 Å². The van der Waals surface area contributed by atoms with Crippen LogP contribution >= 0.6 is 0 Å². The Hall–Kier alpha value is -3.09. The van der Waals surface area contributed by atoms with E-state index in [1.165, 1.54) is 17.9 Å². The second-order valence-electron chi connectivity index (χ2n) is 5.79. The number of Topliss-reactive ketones (excluding diaryl/α,β-unsaturated/α-hetero) is 1. The van der Waals surface area contributed by atoms with Gasteiger partial charge in [-0.1, -0.05) is 0 Å². The Morgan fingerprint density at radius 3 is 2.40 bits per heavy atom. The summed E-state index contributed by atoms with van der Waals surface area (Å²) in [6.07, 6.45) is 1.35. The zero-order valence-corrected chi connectivity index (χ0v) is 14.0. The van der Waals surface area contributed by atoms with Crippen molar-refractivity contribution in [2.45, 2.75) is 20.8 Å². The predicted octanol–water partition coefficient (Wildman–Crippen LogP) is 4.11. The van der Waals surface area contributed by atoms with E-state index in [2.05, 4.69) is 15.4 Å². The zero-order valence-electron chi connectivity index (χ0n) is 14.0. The molecule has 3 aromatic rings. The van der Waals surface area contributed by atoms with Gasteiger partial charge in [-0.05, 0) is 56.2 Å². The van der Waals surface area contributed by atoms with Gasteiger partial charge < -0.3 is 5.32 Å². The molecule has 5 nitrogen and oxygen atoms in total. The topological polar surface area (TPSA) is 59.8 Å². The molecule has 0 saturated heterocycles.